The molecule has 1 heterocycles. The molecule has 19 heavy (non-hydrogen) atoms. The first-order valence-corrected chi connectivity index (χ1v) is 6.43. The highest BCUT2D eigenvalue weighted by atomic mass is 16.5. The maximum Gasteiger partial charge on any atom is 0.261 e. The number of hydrogen-bond donors (Lipinski definition) is 1. The van der Waals surface area contributed by atoms with Gasteiger partial charge >= 0.3 is 0 Å². The van der Waals surface area contributed by atoms with Crippen molar-refractivity contribution in [2.75, 3.05) is 32.1 Å². The molecule has 1 aliphatic heterocycles. The van der Waals surface area contributed by atoms with Gasteiger partial charge in [-0.1, -0.05) is 0 Å². The predicted octanol–water partition coefficient (Wildman–Crippen LogP) is 1.75. The van der Waals surface area contributed by atoms with Gasteiger partial charge < -0.3 is 10.1 Å². The highest BCUT2D eigenvalue weighted by molar-refractivity contribution is 6.21. The minimum Gasteiger partial charge on any atom is -0.385 e. The van der Waals surface area contributed by atoms with Gasteiger partial charge in [0.15, 0.2) is 0 Å². The van der Waals surface area contributed by atoms with Gasteiger partial charge in [-0.25, -0.2) is 0 Å². The summed E-state index contributed by atoms with van der Waals surface area (Å²) in [5.41, 5.74) is 1.81. The van der Waals surface area contributed by atoms with E-state index in [9.17, 15) is 9.59 Å². The fourth-order valence-electron chi connectivity index (χ4n) is 2.02. The van der Waals surface area contributed by atoms with E-state index < -0.39 is 0 Å². The predicted molar refractivity (Wildman–Crippen MR) is 72.5 cm³/mol. The quantitative estimate of drug-likeness (QED) is 0.627. The van der Waals surface area contributed by atoms with E-state index in [-0.39, 0.29) is 11.8 Å². The number of fused-ring (bicyclic) bond motifs is 1. The third-order valence-corrected chi connectivity index (χ3v) is 3.09. The van der Waals surface area contributed by atoms with Crippen LogP contribution in [-0.2, 0) is 4.74 Å². The number of carbonyl (C=O) groups excluding carboxylic acids is 2. The van der Waals surface area contributed by atoms with Gasteiger partial charge in [-0.3, -0.25) is 14.5 Å². The Balaban J connectivity index is 1.99. The Morgan fingerprint density at radius 3 is 2.68 bits per heavy atom. The minimum atomic E-state index is -0.238. The van der Waals surface area contributed by atoms with Crippen molar-refractivity contribution in [2.24, 2.45) is 0 Å². The molecule has 1 aliphatic rings. The van der Waals surface area contributed by atoms with Crippen LogP contribution in [0.3, 0.4) is 0 Å². The second kappa shape index (κ2) is 5.84. The average molecular weight is 262 g/mol. The summed E-state index contributed by atoms with van der Waals surface area (Å²) in [4.78, 5) is 24.7. The molecule has 1 aromatic carbocycles. The third-order valence-electron chi connectivity index (χ3n) is 3.09. The first-order valence-electron chi connectivity index (χ1n) is 6.43. The molecule has 2 rings (SSSR count). The first-order chi connectivity index (χ1) is 9.15. The Morgan fingerprint density at radius 1 is 1.21 bits per heavy atom. The van der Waals surface area contributed by atoms with E-state index in [0.29, 0.717) is 17.7 Å². The van der Waals surface area contributed by atoms with Crippen LogP contribution in [0.2, 0.25) is 0 Å². The maximum absolute atomic E-state index is 11.8. The Bertz CT molecular complexity index is 499. The number of nitrogens with one attached hydrogen (secondary N) is 1. The van der Waals surface area contributed by atoms with Crippen LogP contribution in [0.25, 0.3) is 0 Å². The molecule has 0 spiro atoms. The van der Waals surface area contributed by atoms with Crippen LogP contribution in [0.1, 0.15) is 34.1 Å². The number of ether oxygens (including phenoxy) is 1. The Labute approximate surface area is 112 Å². The number of anilines is 1. The van der Waals surface area contributed by atoms with Crippen LogP contribution in [0, 0.1) is 0 Å². The lowest BCUT2D eigenvalue weighted by molar-refractivity contribution is 0.0693. The van der Waals surface area contributed by atoms with Crippen LogP contribution in [0.4, 0.5) is 5.69 Å². The molecule has 1 aromatic rings. The highest BCUT2D eigenvalue weighted by Gasteiger charge is 2.32. The van der Waals surface area contributed by atoms with Crippen molar-refractivity contribution in [1.82, 2.24) is 4.90 Å². The maximum atomic E-state index is 11.8. The van der Waals surface area contributed by atoms with E-state index in [1.807, 2.05) is 13.0 Å². The van der Waals surface area contributed by atoms with E-state index in [0.717, 1.165) is 30.2 Å². The first kappa shape index (κ1) is 13.5. The van der Waals surface area contributed by atoms with Crippen LogP contribution >= 0.6 is 0 Å². The van der Waals surface area contributed by atoms with E-state index in [4.69, 9.17) is 4.74 Å². The molecule has 5 heteroatoms. The molecule has 5 nitrogen and oxygen atoms in total. The van der Waals surface area contributed by atoms with Gasteiger partial charge in [0.1, 0.15) is 0 Å². The molecule has 0 atom stereocenters. The Morgan fingerprint density at radius 2 is 1.95 bits per heavy atom. The molecule has 2 amide bonds. The second-order valence-corrected chi connectivity index (χ2v) is 4.41. The third kappa shape index (κ3) is 2.76. The van der Waals surface area contributed by atoms with E-state index in [2.05, 4.69) is 5.32 Å². The number of nitrogens with zero attached hydrogens (tertiary/aromatic N) is 1. The minimum absolute atomic E-state index is 0.233. The fourth-order valence-corrected chi connectivity index (χ4v) is 2.02. The molecular formula is C14H18N2O3. The monoisotopic (exact) mass is 262 g/mol. The zero-order chi connectivity index (χ0) is 13.8. The van der Waals surface area contributed by atoms with Crippen molar-refractivity contribution in [3.8, 4) is 0 Å². The summed E-state index contributed by atoms with van der Waals surface area (Å²) in [6, 6.07) is 5.26. The van der Waals surface area contributed by atoms with Crippen LogP contribution in [0.15, 0.2) is 18.2 Å². The van der Waals surface area contributed by atoms with Gasteiger partial charge in [0.25, 0.3) is 11.8 Å². The molecule has 0 unspecified atom stereocenters. The summed E-state index contributed by atoms with van der Waals surface area (Å²) in [6.45, 7) is 4.18. The lowest BCUT2D eigenvalue weighted by Gasteiger charge is -2.07. The van der Waals surface area contributed by atoms with Gasteiger partial charge in [0.2, 0.25) is 0 Å². The standard InChI is InChI=1S/C14H18N2O3/c1-3-19-8-4-7-15-10-5-6-11-12(9-10)14(18)16(2)13(11)17/h5-6,9,15H,3-4,7-8H2,1-2H3. The molecule has 1 N–H and O–H groups in total. The van der Waals surface area contributed by atoms with E-state index in [1.54, 1.807) is 12.1 Å². The fraction of sp³-hybridized carbons (Fsp3) is 0.429. The molecule has 0 radical (unpaired) electrons. The number of benzene rings is 1. The zero-order valence-corrected chi connectivity index (χ0v) is 11.2. The number of amides is 2. The molecule has 0 aromatic heterocycles. The van der Waals surface area contributed by atoms with Crippen molar-refractivity contribution < 1.29 is 14.3 Å². The number of carbonyl (C=O) groups is 2. The number of imide groups is 1. The van der Waals surface area contributed by atoms with Gasteiger partial charge in [0, 0.05) is 32.5 Å². The molecule has 102 valence electrons. The van der Waals surface area contributed by atoms with Crippen LogP contribution in [-0.4, -0.2) is 43.5 Å². The molecule has 0 saturated heterocycles. The summed E-state index contributed by atoms with van der Waals surface area (Å²) in [7, 11) is 1.50. The summed E-state index contributed by atoms with van der Waals surface area (Å²) in [5, 5.41) is 3.22. The van der Waals surface area contributed by atoms with E-state index >= 15 is 0 Å². The number of rotatable bonds is 6. The van der Waals surface area contributed by atoms with E-state index in [1.165, 1.54) is 7.05 Å². The van der Waals surface area contributed by atoms with Crippen molar-refractivity contribution in [3.63, 3.8) is 0 Å². The Hall–Kier alpha value is -1.88. The number of hydrogen-bond acceptors (Lipinski definition) is 4. The average Bonchev–Trinajstić information content (AvgIpc) is 2.64. The normalized spacial score (nSPS) is 13.9. The van der Waals surface area contributed by atoms with Gasteiger partial charge in [-0.05, 0) is 31.5 Å². The van der Waals surface area contributed by atoms with Crippen LogP contribution < -0.4 is 5.32 Å². The van der Waals surface area contributed by atoms with Gasteiger partial charge in [0.05, 0.1) is 11.1 Å². The molecule has 0 bridgehead atoms. The van der Waals surface area contributed by atoms with Gasteiger partial charge in [-0.2, -0.15) is 0 Å². The summed E-state index contributed by atoms with van der Waals surface area (Å²) in [6.07, 6.45) is 0.901. The second-order valence-electron chi connectivity index (χ2n) is 4.41. The van der Waals surface area contributed by atoms with Gasteiger partial charge in [-0.15, -0.1) is 0 Å². The molecular weight excluding hydrogens is 244 g/mol. The Kier molecular flexibility index (Phi) is 4.16. The smallest absolute Gasteiger partial charge is 0.261 e. The lowest BCUT2D eigenvalue weighted by atomic mass is 10.1. The van der Waals surface area contributed by atoms with Crippen molar-refractivity contribution in [2.45, 2.75) is 13.3 Å². The topological polar surface area (TPSA) is 58.6 Å². The molecule has 0 aliphatic carbocycles. The van der Waals surface area contributed by atoms with Crippen molar-refractivity contribution >= 4 is 17.5 Å². The molecule has 0 saturated carbocycles. The van der Waals surface area contributed by atoms with Crippen LogP contribution in [0.5, 0.6) is 0 Å². The molecule has 0 fully saturated rings. The summed E-state index contributed by atoms with van der Waals surface area (Å²) < 4.78 is 5.25. The summed E-state index contributed by atoms with van der Waals surface area (Å²) in [5.74, 6) is -0.471. The lowest BCUT2D eigenvalue weighted by Crippen LogP contribution is -2.24. The highest BCUT2D eigenvalue weighted by Crippen LogP contribution is 2.24. The largest absolute Gasteiger partial charge is 0.385 e. The van der Waals surface area contributed by atoms with Crippen molar-refractivity contribution in [1.29, 1.82) is 0 Å². The SMILES string of the molecule is CCOCCCNc1ccc2c(c1)C(=O)N(C)C2=O. The zero-order valence-electron chi connectivity index (χ0n) is 11.2. The van der Waals surface area contributed by atoms with Crippen molar-refractivity contribution in [3.05, 3.63) is 29.3 Å². The summed E-state index contributed by atoms with van der Waals surface area (Å²) >= 11 is 0.